The highest BCUT2D eigenvalue weighted by Gasteiger charge is 2.17. The van der Waals surface area contributed by atoms with E-state index in [4.69, 9.17) is 21.1 Å². The van der Waals surface area contributed by atoms with Crippen LogP contribution in [0.15, 0.2) is 84.9 Å². The zero-order valence-electron chi connectivity index (χ0n) is 16.4. The number of aromatic nitrogens is 1. The number of hydrogen-bond acceptors (Lipinski definition) is 3. The van der Waals surface area contributed by atoms with Crippen molar-refractivity contribution in [3.63, 3.8) is 0 Å². The van der Waals surface area contributed by atoms with Gasteiger partial charge in [0.25, 0.3) is 0 Å². The Kier molecular flexibility index (Phi) is 7.04. The minimum absolute atomic E-state index is 0.0382. The minimum Gasteiger partial charge on any atom is -0.473 e. The molecule has 0 aliphatic carbocycles. The molecule has 4 aromatic rings. The third-order valence-corrected chi connectivity index (χ3v) is 5.81. The van der Waals surface area contributed by atoms with Crippen molar-refractivity contribution >= 4 is 34.2 Å². The molecule has 4 rings (SSSR count). The number of rotatable bonds is 7. The number of pyridine rings is 1. The van der Waals surface area contributed by atoms with Crippen LogP contribution in [0.3, 0.4) is 0 Å². The summed E-state index contributed by atoms with van der Waals surface area (Å²) in [5.41, 5.74) is 3.14. The minimum atomic E-state index is -0.460. The first-order chi connectivity index (χ1) is 15.1. The van der Waals surface area contributed by atoms with Gasteiger partial charge in [0.15, 0.2) is 5.82 Å². The first kappa shape index (κ1) is 21.6. The van der Waals surface area contributed by atoms with Gasteiger partial charge in [0.1, 0.15) is 13.2 Å². The standard InChI is InChI=1S/C25H18ClFINO2/c26-23-19(11-13-21(28)24(23)27)20-12-14-22(30-15-17-7-3-1-4-8-17)29-25(20)31-16-18-9-5-2-6-10-18/h1-14H,15-16H2. The number of ether oxygens (including phenoxy) is 2. The number of halogens is 3. The van der Waals surface area contributed by atoms with Gasteiger partial charge < -0.3 is 9.47 Å². The van der Waals surface area contributed by atoms with Crippen LogP contribution in [0.25, 0.3) is 11.1 Å². The summed E-state index contributed by atoms with van der Waals surface area (Å²) >= 11 is 8.22. The molecule has 1 aromatic heterocycles. The van der Waals surface area contributed by atoms with E-state index in [-0.39, 0.29) is 5.02 Å². The van der Waals surface area contributed by atoms with Gasteiger partial charge >= 0.3 is 0 Å². The molecule has 156 valence electrons. The predicted molar refractivity (Wildman–Crippen MR) is 129 cm³/mol. The number of hydrogen-bond donors (Lipinski definition) is 0. The van der Waals surface area contributed by atoms with Crippen LogP contribution < -0.4 is 9.47 Å². The van der Waals surface area contributed by atoms with Gasteiger partial charge in [0.2, 0.25) is 11.8 Å². The summed E-state index contributed by atoms with van der Waals surface area (Å²) < 4.78 is 26.7. The molecular weight excluding hydrogens is 528 g/mol. The van der Waals surface area contributed by atoms with Gasteiger partial charge in [0.05, 0.1) is 8.59 Å². The van der Waals surface area contributed by atoms with E-state index in [9.17, 15) is 4.39 Å². The molecule has 31 heavy (non-hydrogen) atoms. The van der Waals surface area contributed by atoms with Crippen LogP contribution in [0.2, 0.25) is 5.02 Å². The summed E-state index contributed by atoms with van der Waals surface area (Å²) in [5, 5.41) is 0.0382. The van der Waals surface area contributed by atoms with Crippen LogP contribution in [-0.4, -0.2) is 4.98 Å². The van der Waals surface area contributed by atoms with Gasteiger partial charge in [-0.3, -0.25) is 0 Å². The van der Waals surface area contributed by atoms with Crippen molar-refractivity contribution in [2.45, 2.75) is 13.2 Å². The Morgan fingerprint density at radius 3 is 1.97 bits per heavy atom. The average Bonchev–Trinajstić information content (AvgIpc) is 2.82. The smallest absolute Gasteiger partial charge is 0.225 e. The summed E-state index contributed by atoms with van der Waals surface area (Å²) in [4.78, 5) is 4.55. The van der Waals surface area contributed by atoms with Crippen LogP contribution >= 0.6 is 34.2 Å². The van der Waals surface area contributed by atoms with Crippen LogP contribution in [-0.2, 0) is 13.2 Å². The van der Waals surface area contributed by atoms with E-state index < -0.39 is 5.82 Å². The van der Waals surface area contributed by atoms with Gasteiger partial charge in [0, 0.05) is 17.2 Å². The van der Waals surface area contributed by atoms with Gasteiger partial charge in [-0.05, 0) is 45.9 Å². The Balaban J connectivity index is 1.65. The van der Waals surface area contributed by atoms with Crippen LogP contribution in [0.4, 0.5) is 4.39 Å². The van der Waals surface area contributed by atoms with E-state index in [1.165, 1.54) is 0 Å². The third kappa shape index (κ3) is 5.35. The van der Waals surface area contributed by atoms with Crippen molar-refractivity contribution in [2.24, 2.45) is 0 Å². The molecule has 3 aromatic carbocycles. The highest BCUT2D eigenvalue weighted by Crippen LogP contribution is 2.38. The molecule has 0 spiro atoms. The molecule has 0 unspecified atom stereocenters. The van der Waals surface area contributed by atoms with E-state index in [0.29, 0.717) is 39.7 Å². The van der Waals surface area contributed by atoms with Gasteiger partial charge in [-0.25, -0.2) is 4.39 Å². The summed E-state index contributed by atoms with van der Waals surface area (Å²) in [6.45, 7) is 0.692. The van der Waals surface area contributed by atoms with Crippen molar-refractivity contribution in [1.82, 2.24) is 4.98 Å². The maximum Gasteiger partial charge on any atom is 0.225 e. The molecule has 0 atom stereocenters. The van der Waals surface area contributed by atoms with Gasteiger partial charge in [-0.2, -0.15) is 4.98 Å². The Hall–Kier alpha value is -2.64. The Labute approximate surface area is 199 Å². The van der Waals surface area contributed by atoms with Gasteiger partial charge in [-0.15, -0.1) is 0 Å². The lowest BCUT2D eigenvalue weighted by Crippen LogP contribution is -2.03. The topological polar surface area (TPSA) is 31.4 Å². The fraction of sp³-hybridized carbons (Fsp3) is 0.0800. The summed E-state index contributed by atoms with van der Waals surface area (Å²) in [6, 6.07) is 26.6. The Morgan fingerprint density at radius 1 is 0.742 bits per heavy atom. The van der Waals surface area contributed by atoms with Crippen molar-refractivity contribution in [3.05, 3.63) is 110 Å². The Morgan fingerprint density at radius 2 is 1.32 bits per heavy atom. The van der Waals surface area contributed by atoms with Crippen molar-refractivity contribution in [3.8, 4) is 22.9 Å². The molecule has 1 heterocycles. The average molecular weight is 546 g/mol. The van der Waals surface area contributed by atoms with Crippen molar-refractivity contribution in [2.75, 3.05) is 0 Å². The summed E-state index contributed by atoms with van der Waals surface area (Å²) in [5.74, 6) is 0.285. The van der Waals surface area contributed by atoms with Crippen molar-refractivity contribution < 1.29 is 13.9 Å². The quantitative estimate of drug-likeness (QED) is 0.180. The third-order valence-electron chi connectivity index (χ3n) is 4.61. The van der Waals surface area contributed by atoms with Gasteiger partial charge in [-0.1, -0.05) is 78.3 Å². The SMILES string of the molecule is Fc1c(I)ccc(-c2ccc(OCc3ccccc3)nc2OCc2ccccc2)c1Cl. The second-order valence-electron chi connectivity index (χ2n) is 6.77. The molecule has 0 aliphatic rings. The molecular formula is C25H18ClFINO2. The van der Waals surface area contributed by atoms with E-state index in [0.717, 1.165) is 11.1 Å². The number of nitrogens with zero attached hydrogens (tertiary/aromatic N) is 1. The first-order valence-corrected chi connectivity index (χ1v) is 11.1. The molecule has 6 heteroatoms. The summed E-state index contributed by atoms with van der Waals surface area (Å²) in [6.07, 6.45) is 0. The lowest BCUT2D eigenvalue weighted by molar-refractivity contribution is 0.268. The number of benzene rings is 3. The lowest BCUT2D eigenvalue weighted by Gasteiger charge is -2.14. The largest absolute Gasteiger partial charge is 0.473 e. The second kappa shape index (κ2) is 10.1. The van der Waals surface area contributed by atoms with Crippen LogP contribution in [0.1, 0.15) is 11.1 Å². The molecule has 0 amide bonds. The normalized spacial score (nSPS) is 10.7. The highest BCUT2D eigenvalue weighted by atomic mass is 127. The highest BCUT2D eigenvalue weighted by molar-refractivity contribution is 14.1. The molecule has 0 aliphatic heterocycles. The van der Waals surface area contributed by atoms with E-state index in [1.807, 2.05) is 83.3 Å². The molecule has 0 bridgehead atoms. The zero-order valence-corrected chi connectivity index (χ0v) is 19.3. The van der Waals surface area contributed by atoms with Crippen LogP contribution in [0, 0.1) is 9.39 Å². The molecule has 0 fully saturated rings. The van der Waals surface area contributed by atoms with Crippen molar-refractivity contribution in [1.29, 1.82) is 0 Å². The predicted octanol–water partition coefficient (Wildman–Crippen LogP) is 7.30. The fourth-order valence-electron chi connectivity index (χ4n) is 3.01. The Bertz CT molecular complexity index is 1170. The summed E-state index contributed by atoms with van der Waals surface area (Å²) in [7, 11) is 0. The maximum atomic E-state index is 14.4. The molecule has 3 nitrogen and oxygen atoms in total. The zero-order chi connectivity index (χ0) is 21.6. The fourth-order valence-corrected chi connectivity index (χ4v) is 3.89. The van der Waals surface area contributed by atoms with E-state index in [1.54, 1.807) is 24.3 Å². The molecule has 0 saturated heterocycles. The molecule has 0 radical (unpaired) electrons. The second-order valence-corrected chi connectivity index (χ2v) is 8.31. The van der Waals surface area contributed by atoms with E-state index in [2.05, 4.69) is 4.98 Å². The maximum absolute atomic E-state index is 14.4. The molecule has 0 N–H and O–H groups in total. The van der Waals surface area contributed by atoms with Crippen LogP contribution in [0.5, 0.6) is 11.8 Å². The lowest BCUT2D eigenvalue weighted by atomic mass is 10.1. The van der Waals surface area contributed by atoms with E-state index >= 15 is 0 Å². The molecule has 0 saturated carbocycles. The first-order valence-electron chi connectivity index (χ1n) is 9.60. The monoisotopic (exact) mass is 545 g/mol.